The van der Waals surface area contributed by atoms with Crippen molar-refractivity contribution in [1.29, 1.82) is 5.26 Å². The fourth-order valence-corrected chi connectivity index (χ4v) is 3.03. The third-order valence-electron chi connectivity index (χ3n) is 4.47. The maximum absolute atomic E-state index is 12.2. The Morgan fingerprint density at radius 2 is 2.04 bits per heavy atom. The van der Waals surface area contributed by atoms with Crippen LogP contribution in [0.4, 0.5) is 0 Å². The van der Waals surface area contributed by atoms with Crippen LogP contribution in [-0.2, 0) is 9.53 Å². The van der Waals surface area contributed by atoms with E-state index in [-0.39, 0.29) is 18.1 Å². The molecule has 3 rings (SSSR count). The molecule has 8 nitrogen and oxygen atoms in total. The normalized spacial score (nSPS) is 13.7. The Labute approximate surface area is 162 Å². The first-order chi connectivity index (χ1) is 13.5. The van der Waals surface area contributed by atoms with Crippen molar-refractivity contribution in [2.75, 3.05) is 40.0 Å². The average Bonchev–Trinajstić information content (AvgIpc) is 2.72. The number of nitrogens with zero attached hydrogens (tertiary/aromatic N) is 2. The fourth-order valence-electron chi connectivity index (χ4n) is 3.03. The van der Waals surface area contributed by atoms with E-state index in [9.17, 15) is 14.9 Å². The lowest BCUT2D eigenvalue weighted by Crippen LogP contribution is -2.43. The molecular weight excluding hydrogens is 362 g/mol. The number of morpholine rings is 1. The van der Waals surface area contributed by atoms with Crippen molar-refractivity contribution in [1.82, 2.24) is 9.88 Å². The van der Waals surface area contributed by atoms with Crippen molar-refractivity contribution in [3.05, 3.63) is 45.9 Å². The number of amides is 1. The van der Waals surface area contributed by atoms with Crippen LogP contribution in [0.3, 0.4) is 0 Å². The Morgan fingerprint density at radius 1 is 1.29 bits per heavy atom. The Hall–Kier alpha value is -3.31. The molecule has 1 saturated heterocycles. The van der Waals surface area contributed by atoms with E-state index in [2.05, 4.69) is 4.98 Å². The molecule has 0 saturated carbocycles. The van der Waals surface area contributed by atoms with Gasteiger partial charge in [-0.3, -0.25) is 9.59 Å². The van der Waals surface area contributed by atoms with Gasteiger partial charge in [0.05, 0.1) is 20.3 Å². The van der Waals surface area contributed by atoms with Gasteiger partial charge in [0.1, 0.15) is 11.6 Å². The number of aromatic nitrogens is 1. The van der Waals surface area contributed by atoms with Gasteiger partial charge in [0.15, 0.2) is 18.1 Å². The van der Waals surface area contributed by atoms with Gasteiger partial charge in [0, 0.05) is 24.3 Å². The van der Waals surface area contributed by atoms with E-state index in [1.165, 1.54) is 7.11 Å². The molecule has 28 heavy (non-hydrogen) atoms. The highest BCUT2D eigenvalue weighted by Gasteiger charge is 2.18. The lowest BCUT2D eigenvalue weighted by Gasteiger charge is -2.26. The Balaban J connectivity index is 1.82. The number of nitriles is 1. The molecule has 1 aliphatic heterocycles. The number of nitrogens with one attached hydrogen (secondary N) is 1. The summed E-state index contributed by atoms with van der Waals surface area (Å²) in [5, 5.41) is 9.32. The molecule has 0 atom stereocenters. The number of hydrogen-bond donors (Lipinski definition) is 1. The van der Waals surface area contributed by atoms with Crippen LogP contribution >= 0.6 is 0 Å². The molecule has 0 radical (unpaired) electrons. The van der Waals surface area contributed by atoms with Gasteiger partial charge in [-0.1, -0.05) is 6.07 Å². The van der Waals surface area contributed by atoms with Crippen LogP contribution in [0.15, 0.2) is 29.1 Å². The van der Waals surface area contributed by atoms with Crippen LogP contribution in [-0.4, -0.2) is 55.8 Å². The second kappa shape index (κ2) is 8.59. The minimum Gasteiger partial charge on any atom is -0.493 e. The van der Waals surface area contributed by atoms with Crippen LogP contribution < -0.4 is 15.0 Å². The maximum Gasteiger partial charge on any atom is 0.266 e. The SMILES string of the molecule is COc1cc(-c2cc(C)[nH]c(=O)c2C#N)ccc1OCC(=O)N1CCOCC1. The first-order valence-electron chi connectivity index (χ1n) is 8.84. The minimum absolute atomic E-state index is 0.0313. The molecule has 0 aliphatic carbocycles. The molecular formula is C20H21N3O5. The largest absolute Gasteiger partial charge is 0.493 e. The molecule has 1 amide bonds. The van der Waals surface area contributed by atoms with Crippen molar-refractivity contribution in [2.24, 2.45) is 0 Å². The second-order valence-corrected chi connectivity index (χ2v) is 6.33. The van der Waals surface area contributed by atoms with E-state index in [1.54, 1.807) is 36.1 Å². The van der Waals surface area contributed by atoms with E-state index >= 15 is 0 Å². The molecule has 1 aromatic heterocycles. The summed E-state index contributed by atoms with van der Waals surface area (Å²) in [6, 6.07) is 8.75. The molecule has 2 aromatic rings. The monoisotopic (exact) mass is 383 g/mol. The predicted octanol–water partition coefficient (Wildman–Crippen LogP) is 1.47. The Bertz CT molecular complexity index is 971. The third-order valence-corrected chi connectivity index (χ3v) is 4.47. The summed E-state index contributed by atoms with van der Waals surface area (Å²) in [7, 11) is 1.49. The zero-order valence-electron chi connectivity index (χ0n) is 15.8. The summed E-state index contributed by atoms with van der Waals surface area (Å²) in [6.07, 6.45) is 0. The number of aryl methyl sites for hydroxylation is 1. The molecule has 0 bridgehead atoms. The number of methoxy groups -OCH3 is 1. The topological polar surface area (TPSA) is 105 Å². The number of carbonyl (C=O) groups is 1. The molecule has 2 heterocycles. The smallest absolute Gasteiger partial charge is 0.266 e. The number of rotatable bonds is 5. The van der Waals surface area contributed by atoms with Crippen LogP contribution in [0, 0.1) is 18.3 Å². The number of carbonyl (C=O) groups excluding carboxylic acids is 1. The summed E-state index contributed by atoms with van der Waals surface area (Å²) in [5.74, 6) is 0.702. The molecule has 0 spiro atoms. The van der Waals surface area contributed by atoms with Gasteiger partial charge in [0.25, 0.3) is 11.5 Å². The first-order valence-corrected chi connectivity index (χ1v) is 8.84. The fraction of sp³-hybridized carbons (Fsp3) is 0.350. The molecule has 8 heteroatoms. The van der Waals surface area contributed by atoms with Crippen LogP contribution in [0.1, 0.15) is 11.3 Å². The van der Waals surface area contributed by atoms with Crippen molar-refractivity contribution in [3.8, 4) is 28.7 Å². The highest BCUT2D eigenvalue weighted by molar-refractivity contribution is 5.78. The number of hydrogen-bond acceptors (Lipinski definition) is 6. The lowest BCUT2D eigenvalue weighted by atomic mass is 10.0. The number of aromatic amines is 1. The van der Waals surface area contributed by atoms with Crippen LogP contribution in [0.5, 0.6) is 11.5 Å². The summed E-state index contributed by atoms with van der Waals surface area (Å²) in [4.78, 5) is 28.6. The van der Waals surface area contributed by atoms with E-state index < -0.39 is 5.56 Å². The van der Waals surface area contributed by atoms with Crippen molar-refractivity contribution >= 4 is 5.91 Å². The predicted molar refractivity (Wildman–Crippen MR) is 101 cm³/mol. The lowest BCUT2D eigenvalue weighted by molar-refractivity contribution is -0.137. The van der Waals surface area contributed by atoms with Gasteiger partial charge in [-0.05, 0) is 30.7 Å². The van der Waals surface area contributed by atoms with E-state index in [0.29, 0.717) is 54.6 Å². The van der Waals surface area contributed by atoms with E-state index in [4.69, 9.17) is 14.2 Å². The van der Waals surface area contributed by atoms with E-state index in [1.807, 2.05) is 6.07 Å². The number of H-pyrrole nitrogens is 1. The molecule has 1 aromatic carbocycles. The van der Waals surface area contributed by atoms with E-state index in [0.717, 1.165) is 0 Å². The van der Waals surface area contributed by atoms with Crippen molar-refractivity contribution < 1.29 is 19.0 Å². The molecule has 1 fully saturated rings. The van der Waals surface area contributed by atoms with Gasteiger partial charge in [0.2, 0.25) is 0 Å². The summed E-state index contributed by atoms with van der Waals surface area (Å²) in [5.41, 5.74) is 1.40. The first kappa shape index (κ1) is 19.5. The standard InChI is InChI=1S/C20H21N3O5/c1-13-9-15(16(11-21)20(25)22-13)14-3-4-17(18(10-14)26-2)28-12-19(24)23-5-7-27-8-6-23/h3-4,9-10H,5-8,12H2,1-2H3,(H,22,25). The Morgan fingerprint density at radius 3 is 2.71 bits per heavy atom. The van der Waals surface area contributed by atoms with Gasteiger partial charge in [-0.25, -0.2) is 0 Å². The highest BCUT2D eigenvalue weighted by atomic mass is 16.5. The van der Waals surface area contributed by atoms with Gasteiger partial charge in [-0.2, -0.15) is 5.26 Å². The molecule has 146 valence electrons. The molecule has 1 N–H and O–H groups in total. The number of ether oxygens (including phenoxy) is 3. The zero-order chi connectivity index (χ0) is 20.1. The highest BCUT2D eigenvalue weighted by Crippen LogP contribution is 2.33. The number of pyridine rings is 1. The van der Waals surface area contributed by atoms with Crippen LogP contribution in [0.2, 0.25) is 0 Å². The Kier molecular flexibility index (Phi) is 5.96. The summed E-state index contributed by atoms with van der Waals surface area (Å²) < 4.78 is 16.3. The third kappa shape index (κ3) is 4.15. The average molecular weight is 383 g/mol. The van der Waals surface area contributed by atoms with Crippen molar-refractivity contribution in [3.63, 3.8) is 0 Å². The maximum atomic E-state index is 12.2. The molecule has 0 unspecified atom stereocenters. The quantitative estimate of drug-likeness (QED) is 0.838. The molecule has 1 aliphatic rings. The van der Waals surface area contributed by atoms with Crippen molar-refractivity contribution in [2.45, 2.75) is 6.92 Å². The van der Waals surface area contributed by atoms with Gasteiger partial charge < -0.3 is 24.1 Å². The zero-order valence-corrected chi connectivity index (χ0v) is 15.8. The minimum atomic E-state index is -0.437. The second-order valence-electron chi connectivity index (χ2n) is 6.33. The summed E-state index contributed by atoms with van der Waals surface area (Å²) in [6.45, 7) is 3.80. The van der Waals surface area contributed by atoms with Crippen LogP contribution in [0.25, 0.3) is 11.1 Å². The number of benzene rings is 1. The summed E-state index contributed by atoms with van der Waals surface area (Å²) >= 11 is 0. The van der Waals surface area contributed by atoms with Gasteiger partial charge >= 0.3 is 0 Å². The van der Waals surface area contributed by atoms with Gasteiger partial charge in [-0.15, -0.1) is 0 Å².